The summed E-state index contributed by atoms with van der Waals surface area (Å²) in [5.74, 6) is -3.87. The van der Waals surface area contributed by atoms with Crippen LogP contribution in [-0.4, -0.2) is 16.1 Å². The number of aryl methyl sites for hydroxylation is 1. The van der Waals surface area contributed by atoms with Gasteiger partial charge in [0, 0.05) is 0 Å². The molecule has 1 N–H and O–H groups in total. The van der Waals surface area contributed by atoms with Gasteiger partial charge in [-0.25, -0.2) is 22.9 Å². The number of oxazole rings is 1. The summed E-state index contributed by atoms with van der Waals surface area (Å²) in [6, 6.07) is 3.99. The molecule has 1 aromatic heterocycles. The minimum atomic E-state index is -3.11. The van der Waals surface area contributed by atoms with E-state index in [-0.39, 0.29) is 5.56 Å². The smallest absolute Gasteiger partial charge is 0.374 e. The van der Waals surface area contributed by atoms with E-state index in [0.717, 1.165) is 0 Å². The van der Waals surface area contributed by atoms with Crippen LogP contribution in [0.3, 0.4) is 0 Å². The first-order chi connectivity index (χ1) is 8.90. The van der Waals surface area contributed by atoms with Gasteiger partial charge in [-0.2, -0.15) is 0 Å². The lowest BCUT2D eigenvalue weighted by atomic mass is 10.1. The molecular formula is C12H8F3NO3. The monoisotopic (exact) mass is 271 g/mol. The lowest BCUT2D eigenvalue weighted by Crippen LogP contribution is -1.99. The topological polar surface area (TPSA) is 63.3 Å². The third-order valence-corrected chi connectivity index (χ3v) is 2.41. The zero-order valence-corrected chi connectivity index (χ0v) is 9.65. The number of benzene rings is 1. The Morgan fingerprint density at radius 1 is 1.42 bits per heavy atom. The Morgan fingerprint density at radius 2 is 2.11 bits per heavy atom. The number of aromatic nitrogens is 1. The van der Waals surface area contributed by atoms with E-state index in [1.54, 1.807) is 6.92 Å². The van der Waals surface area contributed by atoms with Crippen LogP contribution in [0.4, 0.5) is 13.2 Å². The summed E-state index contributed by atoms with van der Waals surface area (Å²) >= 11 is 0. The van der Waals surface area contributed by atoms with Crippen LogP contribution in [0, 0.1) is 12.7 Å². The van der Waals surface area contributed by atoms with E-state index < -0.39 is 35.6 Å². The van der Waals surface area contributed by atoms with Gasteiger partial charge in [-0.05, 0) is 24.6 Å². The quantitative estimate of drug-likeness (QED) is 0.928. The Balaban J connectivity index is 2.57. The van der Waals surface area contributed by atoms with Crippen molar-refractivity contribution in [3.05, 3.63) is 41.0 Å². The molecule has 7 heteroatoms. The van der Waals surface area contributed by atoms with Gasteiger partial charge in [0.05, 0.1) is 5.56 Å². The number of alkyl halides is 2. The number of carboxylic acid groups (broad SMARTS) is 1. The molecule has 0 aliphatic carbocycles. The number of carbonyl (C=O) groups is 1. The van der Waals surface area contributed by atoms with Gasteiger partial charge in [0.15, 0.2) is 5.69 Å². The number of halogens is 3. The molecule has 2 rings (SSSR count). The first kappa shape index (κ1) is 13.1. The fourth-order valence-electron chi connectivity index (χ4n) is 1.54. The first-order valence-corrected chi connectivity index (χ1v) is 5.19. The largest absolute Gasteiger partial charge is 0.475 e. The van der Waals surface area contributed by atoms with E-state index in [9.17, 15) is 18.0 Å². The van der Waals surface area contributed by atoms with E-state index >= 15 is 0 Å². The second-order valence-electron chi connectivity index (χ2n) is 3.82. The van der Waals surface area contributed by atoms with Crippen molar-refractivity contribution in [1.82, 2.24) is 4.98 Å². The Bertz CT molecular complexity index is 637. The molecule has 0 saturated carbocycles. The van der Waals surface area contributed by atoms with E-state index in [4.69, 9.17) is 9.52 Å². The number of carboxylic acids is 1. The van der Waals surface area contributed by atoms with Gasteiger partial charge in [-0.3, -0.25) is 0 Å². The fourth-order valence-corrected chi connectivity index (χ4v) is 1.54. The van der Waals surface area contributed by atoms with Crippen LogP contribution in [0.2, 0.25) is 0 Å². The van der Waals surface area contributed by atoms with Crippen LogP contribution in [0.5, 0.6) is 0 Å². The average molecular weight is 271 g/mol. The zero-order valence-electron chi connectivity index (χ0n) is 9.65. The summed E-state index contributed by atoms with van der Waals surface area (Å²) in [5, 5.41) is 8.73. The summed E-state index contributed by atoms with van der Waals surface area (Å²) in [4.78, 5) is 14.1. The second kappa shape index (κ2) is 4.75. The SMILES string of the molecule is Cc1ccc(-c2nc(C(F)F)c(C(=O)O)o2)c(F)c1. The molecule has 0 radical (unpaired) electrons. The molecule has 0 aliphatic heterocycles. The molecule has 0 saturated heterocycles. The number of aromatic carboxylic acids is 1. The lowest BCUT2D eigenvalue weighted by Gasteiger charge is -1.99. The average Bonchev–Trinajstić information content (AvgIpc) is 2.73. The van der Waals surface area contributed by atoms with Gasteiger partial charge in [0.1, 0.15) is 5.82 Å². The number of nitrogens with zero attached hydrogens (tertiary/aromatic N) is 1. The van der Waals surface area contributed by atoms with Crippen molar-refractivity contribution < 1.29 is 27.5 Å². The van der Waals surface area contributed by atoms with Gasteiger partial charge >= 0.3 is 5.97 Å². The fraction of sp³-hybridized carbons (Fsp3) is 0.167. The molecule has 1 aromatic carbocycles. The number of rotatable bonds is 3. The van der Waals surface area contributed by atoms with Crippen molar-refractivity contribution in [2.45, 2.75) is 13.3 Å². The zero-order chi connectivity index (χ0) is 14.2. The molecule has 4 nitrogen and oxygen atoms in total. The number of hydrogen-bond acceptors (Lipinski definition) is 3. The molecule has 1 heterocycles. The summed E-state index contributed by atoms with van der Waals surface area (Å²) < 4.78 is 43.6. The highest BCUT2D eigenvalue weighted by Crippen LogP contribution is 2.29. The predicted octanol–water partition coefficient (Wildman–Crippen LogP) is 3.42. The first-order valence-electron chi connectivity index (χ1n) is 5.19. The van der Waals surface area contributed by atoms with Crippen molar-refractivity contribution in [2.24, 2.45) is 0 Å². The molecule has 19 heavy (non-hydrogen) atoms. The van der Waals surface area contributed by atoms with Crippen molar-refractivity contribution in [3.8, 4) is 11.5 Å². The minimum Gasteiger partial charge on any atom is -0.475 e. The van der Waals surface area contributed by atoms with Gasteiger partial charge in [-0.1, -0.05) is 6.07 Å². The summed E-state index contributed by atoms with van der Waals surface area (Å²) in [6.07, 6.45) is -3.11. The molecule has 0 bridgehead atoms. The van der Waals surface area contributed by atoms with Crippen LogP contribution in [-0.2, 0) is 0 Å². The maximum Gasteiger partial charge on any atom is 0.374 e. The lowest BCUT2D eigenvalue weighted by molar-refractivity contribution is 0.0646. The Hall–Kier alpha value is -2.31. The van der Waals surface area contributed by atoms with Crippen molar-refractivity contribution in [3.63, 3.8) is 0 Å². The van der Waals surface area contributed by atoms with Gasteiger partial charge in [-0.15, -0.1) is 0 Å². The molecule has 0 amide bonds. The van der Waals surface area contributed by atoms with Gasteiger partial charge in [0.25, 0.3) is 6.43 Å². The second-order valence-corrected chi connectivity index (χ2v) is 3.82. The van der Waals surface area contributed by atoms with Gasteiger partial charge < -0.3 is 9.52 Å². The third-order valence-electron chi connectivity index (χ3n) is 2.41. The Kier molecular flexibility index (Phi) is 3.28. The Labute approximate surface area is 105 Å². The highest BCUT2D eigenvalue weighted by molar-refractivity contribution is 5.86. The van der Waals surface area contributed by atoms with E-state index in [1.807, 2.05) is 0 Å². The molecule has 0 unspecified atom stereocenters. The molecule has 2 aromatic rings. The third kappa shape index (κ3) is 2.44. The normalized spacial score (nSPS) is 11.0. The summed E-state index contributed by atoms with van der Waals surface area (Å²) in [5.41, 5.74) is -0.553. The minimum absolute atomic E-state index is 0.167. The highest BCUT2D eigenvalue weighted by atomic mass is 19.3. The summed E-state index contributed by atoms with van der Waals surface area (Å²) in [6.45, 7) is 1.65. The van der Waals surface area contributed by atoms with E-state index in [0.29, 0.717) is 5.56 Å². The van der Waals surface area contributed by atoms with Crippen LogP contribution < -0.4 is 0 Å². The van der Waals surface area contributed by atoms with Gasteiger partial charge in [0.2, 0.25) is 11.7 Å². The van der Waals surface area contributed by atoms with Crippen LogP contribution in [0.25, 0.3) is 11.5 Å². The highest BCUT2D eigenvalue weighted by Gasteiger charge is 2.27. The predicted molar refractivity (Wildman–Crippen MR) is 58.6 cm³/mol. The van der Waals surface area contributed by atoms with Crippen molar-refractivity contribution >= 4 is 5.97 Å². The van der Waals surface area contributed by atoms with Crippen molar-refractivity contribution in [1.29, 1.82) is 0 Å². The van der Waals surface area contributed by atoms with E-state index in [2.05, 4.69) is 4.98 Å². The van der Waals surface area contributed by atoms with Crippen molar-refractivity contribution in [2.75, 3.05) is 0 Å². The number of hydrogen-bond donors (Lipinski definition) is 1. The van der Waals surface area contributed by atoms with Crippen LogP contribution in [0.15, 0.2) is 22.6 Å². The van der Waals surface area contributed by atoms with E-state index in [1.165, 1.54) is 18.2 Å². The molecule has 0 atom stereocenters. The summed E-state index contributed by atoms with van der Waals surface area (Å²) in [7, 11) is 0. The molecule has 100 valence electrons. The molecule has 0 spiro atoms. The van der Waals surface area contributed by atoms with Crippen LogP contribution in [0.1, 0.15) is 28.2 Å². The maximum atomic E-state index is 13.6. The Morgan fingerprint density at radius 3 is 2.58 bits per heavy atom. The molecule has 0 fully saturated rings. The van der Waals surface area contributed by atoms with Crippen LogP contribution >= 0.6 is 0 Å². The standard InChI is InChI=1S/C12H8F3NO3/c1-5-2-3-6(7(13)4-5)11-16-8(10(14)15)9(19-11)12(17)18/h2-4,10H,1H3,(H,17,18). The molecule has 0 aliphatic rings. The maximum absolute atomic E-state index is 13.6. The molecular weight excluding hydrogens is 263 g/mol.